The molecule has 0 bridgehead atoms. The standard InChI is InChI=1S/C13H16FNO4/c1-8(13(17)18)5-6-15-12(16)9-3-4-11(19-2)10(14)7-9/h3-4,7-8H,5-6H2,1-2H3,(H,15,16)(H,17,18). The van der Waals surface area contributed by atoms with Gasteiger partial charge in [-0.15, -0.1) is 0 Å². The zero-order valence-corrected chi connectivity index (χ0v) is 10.8. The lowest BCUT2D eigenvalue weighted by atomic mass is 10.1. The molecule has 0 aromatic heterocycles. The number of amides is 1. The number of methoxy groups -OCH3 is 1. The van der Waals surface area contributed by atoms with Gasteiger partial charge < -0.3 is 15.2 Å². The van der Waals surface area contributed by atoms with Crippen molar-refractivity contribution < 1.29 is 23.8 Å². The summed E-state index contributed by atoms with van der Waals surface area (Å²) in [7, 11) is 1.34. The summed E-state index contributed by atoms with van der Waals surface area (Å²) in [6.07, 6.45) is 0.319. The first-order chi connectivity index (χ1) is 8.95. The molecule has 1 rings (SSSR count). The molecule has 19 heavy (non-hydrogen) atoms. The lowest BCUT2D eigenvalue weighted by Crippen LogP contribution is -2.27. The minimum atomic E-state index is -0.912. The van der Waals surface area contributed by atoms with Crippen LogP contribution in [0.15, 0.2) is 18.2 Å². The maximum absolute atomic E-state index is 13.4. The Kier molecular flexibility index (Phi) is 5.29. The first-order valence-corrected chi connectivity index (χ1v) is 5.80. The lowest BCUT2D eigenvalue weighted by molar-refractivity contribution is -0.141. The van der Waals surface area contributed by atoms with Crippen molar-refractivity contribution in [2.45, 2.75) is 13.3 Å². The van der Waals surface area contributed by atoms with Crippen molar-refractivity contribution in [3.8, 4) is 5.75 Å². The quantitative estimate of drug-likeness (QED) is 0.823. The van der Waals surface area contributed by atoms with Crippen LogP contribution >= 0.6 is 0 Å². The molecule has 104 valence electrons. The fourth-order valence-corrected chi connectivity index (χ4v) is 1.44. The highest BCUT2D eigenvalue weighted by Crippen LogP contribution is 2.17. The number of carboxylic acids is 1. The Hall–Kier alpha value is -2.11. The highest BCUT2D eigenvalue weighted by Gasteiger charge is 2.13. The summed E-state index contributed by atoms with van der Waals surface area (Å²) < 4.78 is 18.1. The molecule has 0 aliphatic rings. The molecule has 0 aliphatic carbocycles. The normalized spacial score (nSPS) is 11.7. The number of carbonyl (C=O) groups is 2. The summed E-state index contributed by atoms with van der Waals surface area (Å²) in [5, 5.41) is 11.2. The van der Waals surface area contributed by atoms with Gasteiger partial charge >= 0.3 is 5.97 Å². The predicted molar refractivity (Wildman–Crippen MR) is 66.7 cm³/mol. The molecule has 0 heterocycles. The van der Waals surface area contributed by atoms with Gasteiger partial charge in [0.05, 0.1) is 13.0 Å². The molecule has 1 unspecified atom stereocenters. The van der Waals surface area contributed by atoms with Crippen molar-refractivity contribution in [3.05, 3.63) is 29.6 Å². The van der Waals surface area contributed by atoms with E-state index in [0.717, 1.165) is 6.07 Å². The van der Waals surface area contributed by atoms with Crippen molar-refractivity contribution in [1.29, 1.82) is 0 Å². The van der Waals surface area contributed by atoms with E-state index >= 15 is 0 Å². The van der Waals surface area contributed by atoms with Gasteiger partial charge in [0.2, 0.25) is 0 Å². The third kappa shape index (κ3) is 4.24. The van der Waals surface area contributed by atoms with Gasteiger partial charge in [0, 0.05) is 12.1 Å². The summed E-state index contributed by atoms with van der Waals surface area (Å²) in [5.41, 5.74) is 0.168. The van der Waals surface area contributed by atoms with Gasteiger partial charge in [-0.25, -0.2) is 4.39 Å². The number of nitrogens with one attached hydrogen (secondary N) is 1. The number of hydrogen-bond acceptors (Lipinski definition) is 3. The molecule has 0 fully saturated rings. The molecule has 0 saturated carbocycles. The van der Waals surface area contributed by atoms with E-state index in [2.05, 4.69) is 5.32 Å². The van der Waals surface area contributed by atoms with E-state index in [9.17, 15) is 14.0 Å². The van der Waals surface area contributed by atoms with Crippen LogP contribution < -0.4 is 10.1 Å². The van der Waals surface area contributed by atoms with E-state index in [-0.39, 0.29) is 17.9 Å². The van der Waals surface area contributed by atoms with Crippen LogP contribution in [0.1, 0.15) is 23.7 Å². The van der Waals surface area contributed by atoms with Crippen molar-refractivity contribution in [3.63, 3.8) is 0 Å². The lowest BCUT2D eigenvalue weighted by Gasteiger charge is -2.08. The van der Waals surface area contributed by atoms with Gasteiger partial charge in [-0.05, 0) is 24.6 Å². The van der Waals surface area contributed by atoms with Crippen LogP contribution in [0.3, 0.4) is 0 Å². The predicted octanol–water partition coefficient (Wildman–Crippen LogP) is 1.67. The monoisotopic (exact) mass is 269 g/mol. The van der Waals surface area contributed by atoms with E-state index in [0.29, 0.717) is 6.42 Å². The van der Waals surface area contributed by atoms with Crippen molar-refractivity contribution in [2.24, 2.45) is 5.92 Å². The van der Waals surface area contributed by atoms with Crippen LogP contribution in [0.4, 0.5) is 4.39 Å². The zero-order valence-electron chi connectivity index (χ0n) is 10.8. The number of rotatable bonds is 6. The number of aliphatic carboxylic acids is 1. The molecule has 0 radical (unpaired) electrons. The van der Waals surface area contributed by atoms with Crippen LogP contribution in [-0.4, -0.2) is 30.6 Å². The van der Waals surface area contributed by atoms with E-state index < -0.39 is 23.6 Å². The topological polar surface area (TPSA) is 75.6 Å². The molecule has 2 N–H and O–H groups in total. The van der Waals surface area contributed by atoms with Crippen LogP contribution in [0, 0.1) is 11.7 Å². The Morgan fingerprint density at radius 2 is 2.16 bits per heavy atom. The van der Waals surface area contributed by atoms with Gasteiger partial charge in [0.1, 0.15) is 0 Å². The Morgan fingerprint density at radius 3 is 2.68 bits per heavy atom. The number of hydrogen-bond donors (Lipinski definition) is 2. The Balaban J connectivity index is 2.54. The number of carbonyl (C=O) groups excluding carboxylic acids is 1. The molecule has 6 heteroatoms. The Labute approximate surface area is 110 Å². The molecular formula is C13H16FNO4. The molecule has 1 aromatic rings. The smallest absolute Gasteiger partial charge is 0.306 e. The third-order valence-corrected chi connectivity index (χ3v) is 2.70. The molecule has 0 aliphatic heterocycles. The first-order valence-electron chi connectivity index (χ1n) is 5.80. The average molecular weight is 269 g/mol. The van der Waals surface area contributed by atoms with Crippen LogP contribution in [-0.2, 0) is 4.79 Å². The van der Waals surface area contributed by atoms with Crippen molar-refractivity contribution >= 4 is 11.9 Å². The summed E-state index contributed by atoms with van der Waals surface area (Å²) in [6, 6.07) is 3.89. The summed E-state index contributed by atoms with van der Waals surface area (Å²) in [5.74, 6) is -2.44. The van der Waals surface area contributed by atoms with E-state index in [1.54, 1.807) is 6.92 Å². The number of carboxylic acid groups (broad SMARTS) is 1. The number of ether oxygens (including phenoxy) is 1. The summed E-state index contributed by atoms with van der Waals surface area (Å²) in [6.45, 7) is 1.78. The molecule has 0 saturated heterocycles. The second-order valence-corrected chi connectivity index (χ2v) is 4.13. The second kappa shape index (κ2) is 6.72. The highest BCUT2D eigenvalue weighted by molar-refractivity contribution is 5.94. The first kappa shape index (κ1) is 14.9. The fraction of sp³-hybridized carbons (Fsp3) is 0.385. The largest absolute Gasteiger partial charge is 0.494 e. The van der Waals surface area contributed by atoms with Gasteiger partial charge in [0.15, 0.2) is 11.6 Å². The molecule has 1 amide bonds. The van der Waals surface area contributed by atoms with Gasteiger partial charge in [-0.3, -0.25) is 9.59 Å². The maximum Gasteiger partial charge on any atom is 0.306 e. The third-order valence-electron chi connectivity index (χ3n) is 2.70. The van der Waals surface area contributed by atoms with Gasteiger partial charge in [-0.2, -0.15) is 0 Å². The molecular weight excluding hydrogens is 253 g/mol. The molecule has 0 spiro atoms. The minimum Gasteiger partial charge on any atom is -0.494 e. The molecule has 5 nitrogen and oxygen atoms in total. The van der Waals surface area contributed by atoms with E-state index in [1.165, 1.54) is 19.2 Å². The van der Waals surface area contributed by atoms with E-state index in [1.807, 2.05) is 0 Å². The minimum absolute atomic E-state index is 0.0658. The zero-order chi connectivity index (χ0) is 14.4. The van der Waals surface area contributed by atoms with Crippen molar-refractivity contribution in [1.82, 2.24) is 5.32 Å². The van der Waals surface area contributed by atoms with Crippen LogP contribution in [0.5, 0.6) is 5.75 Å². The maximum atomic E-state index is 13.4. The van der Waals surface area contributed by atoms with Gasteiger partial charge in [-0.1, -0.05) is 6.92 Å². The second-order valence-electron chi connectivity index (χ2n) is 4.13. The summed E-state index contributed by atoms with van der Waals surface area (Å²) >= 11 is 0. The summed E-state index contributed by atoms with van der Waals surface area (Å²) in [4.78, 5) is 22.3. The number of benzene rings is 1. The van der Waals surface area contributed by atoms with Crippen LogP contribution in [0.2, 0.25) is 0 Å². The van der Waals surface area contributed by atoms with Gasteiger partial charge in [0.25, 0.3) is 5.91 Å². The molecule has 1 aromatic carbocycles. The number of halogens is 1. The molecule has 1 atom stereocenters. The van der Waals surface area contributed by atoms with Crippen molar-refractivity contribution in [2.75, 3.05) is 13.7 Å². The van der Waals surface area contributed by atoms with E-state index in [4.69, 9.17) is 9.84 Å². The Morgan fingerprint density at radius 1 is 1.47 bits per heavy atom. The Bertz CT molecular complexity index is 476. The average Bonchev–Trinajstić information content (AvgIpc) is 2.38. The highest BCUT2D eigenvalue weighted by atomic mass is 19.1. The fourth-order valence-electron chi connectivity index (χ4n) is 1.44. The SMILES string of the molecule is COc1ccc(C(=O)NCCC(C)C(=O)O)cc1F. The van der Waals surface area contributed by atoms with Crippen LogP contribution in [0.25, 0.3) is 0 Å².